The molecule has 1 rings (SSSR count). The third-order valence-corrected chi connectivity index (χ3v) is 3.11. The molecule has 4 heteroatoms. The summed E-state index contributed by atoms with van der Waals surface area (Å²) in [6.45, 7) is 5.47. The lowest BCUT2D eigenvalue weighted by Gasteiger charge is -2.27. The SMILES string of the molecule is CC(CC(=O)NCCN)C1CCCNC1. The summed E-state index contributed by atoms with van der Waals surface area (Å²) < 4.78 is 0. The van der Waals surface area contributed by atoms with E-state index in [2.05, 4.69) is 17.6 Å². The summed E-state index contributed by atoms with van der Waals surface area (Å²) in [6, 6.07) is 0. The summed E-state index contributed by atoms with van der Waals surface area (Å²) in [7, 11) is 0. The number of carbonyl (C=O) groups excluding carboxylic acids is 1. The molecule has 0 bridgehead atoms. The van der Waals surface area contributed by atoms with E-state index in [0.29, 0.717) is 31.3 Å². The molecule has 4 nitrogen and oxygen atoms in total. The summed E-state index contributed by atoms with van der Waals surface area (Å²) >= 11 is 0. The molecule has 2 atom stereocenters. The first-order valence-electron chi connectivity index (χ1n) is 5.91. The Labute approximate surface area is 92.0 Å². The van der Waals surface area contributed by atoms with Crippen LogP contribution in [0.25, 0.3) is 0 Å². The van der Waals surface area contributed by atoms with E-state index >= 15 is 0 Å². The highest BCUT2D eigenvalue weighted by molar-refractivity contribution is 5.76. The van der Waals surface area contributed by atoms with Crippen molar-refractivity contribution in [2.45, 2.75) is 26.2 Å². The fourth-order valence-corrected chi connectivity index (χ4v) is 2.11. The van der Waals surface area contributed by atoms with Crippen LogP contribution in [0.5, 0.6) is 0 Å². The molecule has 0 spiro atoms. The first kappa shape index (κ1) is 12.5. The number of nitrogens with one attached hydrogen (secondary N) is 2. The zero-order valence-corrected chi connectivity index (χ0v) is 9.59. The minimum atomic E-state index is 0.138. The second-order valence-corrected chi connectivity index (χ2v) is 4.43. The van der Waals surface area contributed by atoms with Crippen molar-refractivity contribution >= 4 is 5.91 Å². The van der Waals surface area contributed by atoms with Gasteiger partial charge in [0.25, 0.3) is 0 Å². The molecule has 0 aromatic rings. The standard InChI is InChI=1S/C11H23N3O/c1-9(7-11(15)14-6-4-12)10-3-2-5-13-8-10/h9-10,13H,2-8,12H2,1H3,(H,14,15). The monoisotopic (exact) mass is 213 g/mol. The number of hydrogen-bond acceptors (Lipinski definition) is 3. The van der Waals surface area contributed by atoms with Gasteiger partial charge in [0, 0.05) is 19.5 Å². The molecule has 4 N–H and O–H groups in total. The Morgan fingerprint density at radius 2 is 2.47 bits per heavy atom. The number of hydrogen-bond donors (Lipinski definition) is 3. The molecule has 0 radical (unpaired) electrons. The Balaban J connectivity index is 2.21. The molecule has 1 heterocycles. The number of nitrogens with two attached hydrogens (primary N) is 1. The molecule has 1 saturated heterocycles. The van der Waals surface area contributed by atoms with E-state index < -0.39 is 0 Å². The zero-order valence-electron chi connectivity index (χ0n) is 9.59. The van der Waals surface area contributed by atoms with E-state index in [0.717, 1.165) is 13.1 Å². The van der Waals surface area contributed by atoms with Gasteiger partial charge in [0.05, 0.1) is 0 Å². The van der Waals surface area contributed by atoms with Gasteiger partial charge in [-0.15, -0.1) is 0 Å². The highest BCUT2D eigenvalue weighted by Crippen LogP contribution is 2.22. The second kappa shape index (κ2) is 6.80. The van der Waals surface area contributed by atoms with Crippen LogP contribution in [0, 0.1) is 11.8 Å². The molecule has 0 saturated carbocycles. The maximum atomic E-state index is 11.5. The average Bonchev–Trinajstić information content (AvgIpc) is 2.27. The van der Waals surface area contributed by atoms with Gasteiger partial charge in [-0.3, -0.25) is 4.79 Å². The molecule has 15 heavy (non-hydrogen) atoms. The maximum Gasteiger partial charge on any atom is 0.220 e. The minimum Gasteiger partial charge on any atom is -0.355 e. The number of piperidine rings is 1. The molecule has 0 aromatic heterocycles. The highest BCUT2D eigenvalue weighted by atomic mass is 16.1. The van der Waals surface area contributed by atoms with E-state index in [9.17, 15) is 4.79 Å². The van der Waals surface area contributed by atoms with Gasteiger partial charge in [0.1, 0.15) is 0 Å². The third kappa shape index (κ3) is 4.62. The number of carbonyl (C=O) groups is 1. The van der Waals surface area contributed by atoms with Crippen LogP contribution in [0.3, 0.4) is 0 Å². The summed E-state index contributed by atoms with van der Waals surface area (Å²) in [6.07, 6.45) is 3.12. The van der Waals surface area contributed by atoms with Gasteiger partial charge in [-0.25, -0.2) is 0 Å². The Kier molecular flexibility index (Phi) is 5.65. The van der Waals surface area contributed by atoms with Crippen molar-refractivity contribution in [1.82, 2.24) is 10.6 Å². The fourth-order valence-electron chi connectivity index (χ4n) is 2.11. The molecule has 1 fully saturated rings. The summed E-state index contributed by atoms with van der Waals surface area (Å²) in [5, 5.41) is 6.20. The predicted octanol–water partition coefficient (Wildman–Crippen LogP) is 0.0871. The van der Waals surface area contributed by atoms with Crippen LogP contribution in [0.1, 0.15) is 26.2 Å². The van der Waals surface area contributed by atoms with Crippen LogP contribution in [-0.2, 0) is 4.79 Å². The minimum absolute atomic E-state index is 0.138. The maximum absolute atomic E-state index is 11.5. The molecular formula is C11H23N3O. The van der Waals surface area contributed by atoms with E-state index in [1.54, 1.807) is 0 Å². The predicted molar refractivity (Wildman–Crippen MR) is 61.4 cm³/mol. The Bertz CT molecular complexity index is 190. The van der Waals surface area contributed by atoms with Crippen molar-refractivity contribution in [3.8, 4) is 0 Å². The summed E-state index contributed by atoms with van der Waals surface area (Å²) in [5.41, 5.74) is 5.33. The molecule has 2 unspecified atom stereocenters. The van der Waals surface area contributed by atoms with Gasteiger partial charge < -0.3 is 16.4 Å². The fraction of sp³-hybridized carbons (Fsp3) is 0.909. The van der Waals surface area contributed by atoms with Crippen molar-refractivity contribution in [3.05, 3.63) is 0 Å². The van der Waals surface area contributed by atoms with Crippen LogP contribution in [-0.4, -0.2) is 32.1 Å². The van der Waals surface area contributed by atoms with Gasteiger partial charge >= 0.3 is 0 Å². The molecule has 1 amide bonds. The molecule has 1 aliphatic rings. The van der Waals surface area contributed by atoms with Gasteiger partial charge in [-0.1, -0.05) is 6.92 Å². The van der Waals surface area contributed by atoms with E-state index in [4.69, 9.17) is 5.73 Å². The Morgan fingerprint density at radius 3 is 3.07 bits per heavy atom. The largest absolute Gasteiger partial charge is 0.355 e. The number of amides is 1. The average molecular weight is 213 g/mol. The second-order valence-electron chi connectivity index (χ2n) is 4.43. The normalized spacial score (nSPS) is 23.5. The molecule has 0 aromatic carbocycles. The first-order chi connectivity index (χ1) is 7.24. The quantitative estimate of drug-likeness (QED) is 0.606. The van der Waals surface area contributed by atoms with E-state index in [1.165, 1.54) is 12.8 Å². The topological polar surface area (TPSA) is 67.2 Å². The van der Waals surface area contributed by atoms with Crippen LogP contribution in [0.4, 0.5) is 0 Å². The van der Waals surface area contributed by atoms with Crippen LogP contribution >= 0.6 is 0 Å². The molecule has 1 aliphatic heterocycles. The lowest BCUT2D eigenvalue weighted by Crippen LogP contribution is -2.36. The van der Waals surface area contributed by atoms with Gasteiger partial charge in [-0.05, 0) is 37.8 Å². The van der Waals surface area contributed by atoms with Gasteiger partial charge in [0.15, 0.2) is 0 Å². The van der Waals surface area contributed by atoms with E-state index in [1.807, 2.05) is 0 Å². The zero-order chi connectivity index (χ0) is 11.1. The molecular weight excluding hydrogens is 190 g/mol. The van der Waals surface area contributed by atoms with Crippen LogP contribution < -0.4 is 16.4 Å². The highest BCUT2D eigenvalue weighted by Gasteiger charge is 2.21. The Hall–Kier alpha value is -0.610. The summed E-state index contributed by atoms with van der Waals surface area (Å²) in [5.74, 6) is 1.26. The van der Waals surface area contributed by atoms with Crippen molar-refractivity contribution in [3.63, 3.8) is 0 Å². The van der Waals surface area contributed by atoms with Crippen molar-refractivity contribution in [2.75, 3.05) is 26.2 Å². The van der Waals surface area contributed by atoms with E-state index in [-0.39, 0.29) is 5.91 Å². The lowest BCUT2D eigenvalue weighted by molar-refractivity contribution is -0.122. The van der Waals surface area contributed by atoms with Crippen LogP contribution in [0.2, 0.25) is 0 Å². The third-order valence-electron chi connectivity index (χ3n) is 3.11. The lowest BCUT2D eigenvalue weighted by atomic mass is 9.85. The van der Waals surface area contributed by atoms with Crippen molar-refractivity contribution in [1.29, 1.82) is 0 Å². The summed E-state index contributed by atoms with van der Waals surface area (Å²) in [4.78, 5) is 11.5. The van der Waals surface area contributed by atoms with Crippen LogP contribution in [0.15, 0.2) is 0 Å². The number of rotatable bonds is 5. The molecule has 88 valence electrons. The Morgan fingerprint density at radius 1 is 1.67 bits per heavy atom. The van der Waals surface area contributed by atoms with Crippen molar-refractivity contribution in [2.24, 2.45) is 17.6 Å². The van der Waals surface area contributed by atoms with Gasteiger partial charge in [-0.2, -0.15) is 0 Å². The molecule has 0 aliphatic carbocycles. The first-order valence-corrected chi connectivity index (χ1v) is 5.91. The van der Waals surface area contributed by atoms with Gasteiger partial charge in [0.2, 0.25) is 5.91 Å². The van der Waals surface area contributed by atoms with Crippen molar-refractivity contribution < 1.29 is 4.79 Å². The smallest absolute Gasteiger partial charge is 0.220 e.